The van der Waals surface area contributed by atoms with Gasteiger partial charge in [-0.2, -0.15) is 0 Å². The maximum Gasteiger partial charge on any atom is 0.167 e. The van der Waals surface area contributed by atoms with Gasteiger partial charge in [-0.05, 0) is 6.92 Å². The molecule has 1 fully saturated rings. The first kappa shape index (κ1) is 13.0. The van der Waals surface area contributed by atoms with Gasteiger partial charge in [0.2, 0.25) is 0 Å². The number of nitrogens with zero attached hydrogens (tertiary/aromatic N) is 4. The molecule has 1 aliphatic heterocycles. The van der Waals surface area contributed by atoms with Gasteiger partial charge in [0.1, 0.15) is 18.1 Å². The zero-order valence-corrected chi connectivity index (χ0v) is 11.2. The predicted octanol–water partition coefficient (Wildman–Crippen LogP) is 0.881. The molecular formula is C13H17N5O2. The van der Waals surface area contributed by atoms with Crippen LogP contribution in [0.3, 0.4) is 0 Å². The molecule has 3 N–H and O–H groups in total. The molecule has 2 aromatic heterocycles. The second-order valence-corrected chi connectivity index (χ2v) is 5.08. The molecule has 0 spiro atoms. The lowest BCUT2D eigenvalue weighted by molar-refractivity contribution is -0.0264. The number of nitrogen functional groups attached to an aromatic ring is 1. The van der Waals surface area contributed by atoms with Crippen molar-refractivity contribution in [3.63, 3.8) is 0 Å². The molecule has 0 saturated carbocycles. The van der Waals surface area contributed by atoms with Crippen LogP contribution in [-0.2, 0) is 4.74 Å². The van der Waals surface area contributed by atoms with Crippen molar-refractivity contribution in [3.05, 3.63) is 24.8 Å². The molecule has 7 heteroatoms. The van der Waals surface area contributed by atoms with Gasteiger partial charge >= 0.3 is 0 Å². The first-order chi connectivity index (χ1) is 9.61. The summed E-state index contributed by atoms with van der Waals surface area (Å²) in [5.74, 6) is 0.476. The Morgan fingerprint density at radius 1 is 1.55 bits per heavy atom. The van der Waals surface area contributed by atoms with Crippen LogP contribution in [-0.4, -0.2) is 37.3 Å². The fourth-order valence-corrected chi connectivity index (χ4v) is 2.67. The van der Waals surface area contributed by atoms with E-state index in [1.807, 2.05) is 11.5 Å². The number of aliphatic hydroxyl groups is 1. The molecule has 0 bridgehead atoms. The van der Waals surface area contributed by atoms with Crippen LogP contribution in [0.4, 0.5) is 5.82 Å². The lowest BCUT2D eigenvalue weighted by Crippen LogP contribution is -2.21. The Bertz CT molecular complexity index is 653. The molecule has 0 radical (unpaired) electrons. The highest BCUT2D eigenvalue weighted by Gasteiger charge is 2.36. The molecule has 106 valence electrons. The quantitative estimate of drug-likeness (QED) is 0.807. The molecule has 0 aliphatic carbocycles. The zero-order valence-electron chi connectivity index (χ0n) is 11.2. The minimum atomic E-state index is -0.242. The van der Waals surface area contributed by atoms with Crippen LogP contribution < -0.4 is 5.73 Å². The summed E-state index contributed by atoms with van der Waals surface area (Å²) in [6, 6.07) is 0. The first-order valence-electron chi connectivity index (χ1n) is 6.46. The van der Waals surface area contributed by atoms with Gasteiger partial charge in [0.05, 0.1) is 19.0 Å². The van der Waals surface area contributed by atoms with Crippen LogP contribution in [0.1, 0.15) is 19.6 Å². The normalized spacial score (nSPS) is 26.2. The number of rotatable bonds is 3. The topological polar surface area (TPSA) is 99.1 Å². The minimum absolute atomic E-state index is 0.0300. The molecule has 0 aromatic carbocycles. The van der Waals surface area contributed by atoms with Gasteiger partial charge in [-0.3, -0.25) is 4.57 Å². The summed E-state index contributed by atoms with van der Waals surface area (Å²) in [5, 5.41) is 9.42. The fourth-order valence-electron chi connectivity index (χ4n) is 2.67. The number of ether oxygens (including phenoxy) is 1. The van der Waals surface area contributed by atoms with Crippen LogP contribution >= 0.6 is 0 Å². The Hall–Kier alpha value is -1.99. The molecule has 2 aromatic rings. The van der Waals surface area contributed by atoms with E-state index in [1.165, 1.54) is 6.33 Å². The van der Waals surface area contributed by atoms with Crippen LogP contribution in [0, 0.1) is 5.92 Å². The van der Waals surface area contributed by atoms with Gasteiger partial charge in [0, 0.05) is 12.3 Å². The number of fused-ring (bicyclic) bond motifs is 1. The van der Waals surface area contributed by atoms with Gasteiger partial charge in [0.15, 0.2) is 11.5 Å². The summed E-state index contributed by atoms with van der Waals surface area (Å²) in [4.78, 5) is 12.4. The van der Waals surface area contributed by atoms with Crippen LogP contribution in [0.25, 0.3) is 11.2 Å². The fraction of sp³-hybridized carbons (Fsp3) is 0.462. The lowest BCUT2D eigenvalue weighted by Gasteiger charge is -2.15. The third-order valence-electron chi connectivity index (χ3n) is 3.75. The average molecular weight is 275 g/mol. The van der Waals surface area contributed by atoms with Gasteiger partial charge in [-0.25, -0.2) is 15.0 Å². The second kappa shape index (κ2) is 4.84. The highest BCUT2D eigenvalue weighted by Crippen LogP contribution is 2.38. The van der Waals surface area contributed by atoms with Crippen molar-refractivity contribution < 1.29 is 9.84 Å². The minimum Gasteiger partial charge on any atom is -0.394 e. The van der Waals surface area contributed by atoms with Gasteiger partial charge in [-0.15, -0.1) is 0 Å². The standard InChI is InChI=1S/C13H17N5O2/c1-7(2)8-3-10(20-9(8)4-19)18-6-17-11-12(14)15-5-16-13(11)18/h5-6,8-10,19H,1,3-4H2,2H3,(H2,14,15,16)/t8-,9-,10-/m1/s1. The maximum absolute atomic E-state index is 9.42. The molecule has 1 saturated heterocycles. The number of hydrogen-bond donors (Lipinski definition) is 2. The smallest absolute Gasteiger partial charge is 0.167 e. The first-order valence-corrected chi connectivity index (χ1v) is 6.46. The van der Waals surface area contributed by atoms with Crippen molar-refractivity contribution >= 4 is 17.0 Å². The van der Waals surface area contributed by atoms with Crippen LogP contribution in [0.5, 0.6) is 0 Å². The Labute approximate surface area is 116 Å². The maximum atomic E-state index is 9.42. The lowest BCUT2D eigenvalue weighted by atomic mass is 9.94. The largest absolute Gasteiger partial charge is 0.394 e. The van der Waals surface area contributed by atoms with E-state index in [-0.39, 0.29) is 24.9 Å². The van der Waals surface area contributed by atoms with Crippen molar-refractivity contribution in [1.82, 2.24) is 19.5 Å². The summed E-state index contributed by atoms with van der Waals surface area (Å²) in [7, 11) is 0. The monoisotopic (exact) mass is 275 g/mol. The molecule has 7 nitrogen and oxygen atoms in total. The summed E-state index contributed by atoms with van der Waals surface area (Å²) in [6.45, 7) is 5.89. The third kappa shape index (κ3) is 1.95. The van der Waals surface area contributed by atoms with Gasteiger partial charge < -0.3 is 15.6 Å². The van der Waals surface area contributed by atoms with Gasteiger partial charge in [0.25, 0.3) is 0 Å². The van der Waals surface area contributed by atoms with Crippen molar-refractivity contribution in [2.45, 2.75) is 25.7 Å². The molecule has 0 amide bonds. The Kier molecular flexibility index (Phi) is 3.15. The molecule has 0 unspecified atom stereocenters. The number of imidazole rings is 1. The SMILES string of the molecule is C=C(C)[C@H]1C[C@H](n2cnc3c(N)ncnc32)O[C@@H]1CO. The number of nitrogens with two attached hydrogens (primary N) is 1. The number of anilines is 1. The predicted molar refractivity (Wildman–Crippen MR) is 73.7 cm³/mol. The van der Waals surface area contributed by atoms with E-state index in [1.54, 1.807) is 6.33 Å². The number of aliphatic hydroxyl groups excluding tert-OH is 1. The van der Waals surface area contributed by atoms with Crippen molar-refractivity contribution in [2.75, 3.05) is 12.3 Å². The summed E-state index contributed by atoms with van der Waals surface area (Å²) < 4.78 is 7.72. The molecule has 3 heterocycles. The number of hydrogen-bond acceptors (Lipinski definition) is 6. The van der Waals surface area contributed by atoms with Crippen LogP contribution in [0.2, 0.25) is 0 Å². The van der Waals surface area contributed by atoms with E-state index in [0.29, 0.717) is 17.0 Å². The van der Waals surface area contributed by atoms with Crippen molar-refractivity contribution in [1.29, 1.82) is 0 Å². The zero-order chi connectivity index (χ0) is 14.3. The van der Waals surface area contributed by atoms with Crippen LogP contribution in [0.15, 0.2) is 24.8 Å². The molecular weight excluding hydrogens is 258 g/mol. The van der Waals surface area contributed by atoms with E-state index in [4.69, 9.17) is 10.5 Å². The molecule has 3 atom stereocenters. The van der Waals surface area contributed by atoms with Crippen molar-refractivity contribution in [2.24, 2.45) is 5.92 Å². The highest BCUT2D eigenvalue weighted by atomic mass is 16.5. The molecule has 3 rings (SSSR count). The molecule has 1 aliphatic rings. The van der Waals surface area contributed by atoms with E-state index in [9.17, 15) is 5.11 Å². The van der Waals surface area contributed by atoms with E-state index in [2.05, 4.69) is 21.5 Å². The van der Waals surface area contributed by atoms with Crippen molar-refractivity contribution in [3.8, 4) is 0 Å². The van der Waals surface area contributed by atoms with Gasteiger partial charge in [-0.1, -0.05) is 12.2 Å². The van der Waals surface area contributed by atoms with E-state index >= 15 is 0 Å². The Morgan fingerprint density at radius 2 is 2.35 bits per heavy atom. The third-order valence-corrected chi connectivity index (χ3v) is 3.75. The Morgan fingerprint density at radius 3 is 3.00 bits per heavy atom. The average Bonchev–Trinajstić information content (AvgIpc) is 3.02. The summed E-state index contributed by atoms with van der Waals surface area (Å²) >= 11 is 0. The Balaban J connectivity index is 1.97. The molecule has 20 heavy (non-hydrogen) atoms. The highest BCUT2D eigenvalue weighted by molar-refractivity contribution is 5.81. The summed E-state index contributed by atoms with van der Waals surface area (Å²) in [5.41, 5.74) is 7.99. The summed E-state index contributed by atoms with van der Waals surface area (Å²) in [6.07, 6.45) is 3.32. The second-order valence-electron chi connectivity index (χ2n) is 5.08. The van der Waals surface area contributed by atoms with E-state index < -0.39 is 0 Å². The number of aromatic nitrogens is 4. The van der Waals surface area contributed by atoms with E-state index in [0.717, 1.165) is 12.0 Å².